The van der Waals surface area contributed by atoms with E-state index in [2.05, 4.69) is 4.98 Å². The number of aliphatic hydroxyl groups excluding tert-OH is 1. The van der Waals surface area contributed by atoms with E-state index >= 15 is 0 Å². The molecule has 3 rings (SSSR count). The SMILES string of the molecule is N#CC1=C(N)Oc2c(oc(CO)cc2=O)[C@H]1c1ccncc1. The molecule has 0 saturated heterocycles. The van der Waals surface area contributed by atoms with Crippen molar-refractivity contribution in [3.05, 3.63) is 69.4 Å². The zero-order chi connectivity index (χ0) is 15.7. The van der Waals surface area contributed by atoms with Crippen LogP contribution >= 0.6 is 0 Å². The zero-order valence-electron chi connectivity index (χ0n) is 11.3. The highest BCUT2D eigenvalue weighted by Gasteiger charge is 2.34. The van der Waals surface area contributed by atoms with Crippen LogP contribution in [0.3, 0.4) is 0 Å². The fraction of sp³-hybridized carbons (Fsp3) is 0.133. The van der Waals surface area contributed by atoms with Gasteiger partial charge in [-0.05, 0) is 17.7 Å². The molecule has 1 atom stereocenters. The van der Waals surface area contributed by atoms with Crippen molar-refractivity contribution >= 4 is 0 Å². The summed E-state index contributed by atoms with van der Waals surface area (Å²) in [6.07, 6.45) is 3.12. The Balaban J connectivity index is 2.30. The van der Waals surface area contributed by atoms with E-state index in [4.69, 9.17) is 14.9 Å². The minimum Gasteiger partial charge on any atom is -0.458 e. The van der Waals surface area contributed by atoms with Crippen molar-refractivity contribution in [1.29, 1.82) is 5.26 Å². The van der Waals surface area contributed by atoms with Crippen LogP contribution in [0.2, 0.25) is 0 Å². The Morgan fingerprint density at radius 3 is 2.77 bits per heavy atom. The van der Waals surface area contributed by atoms with Gasteiger partial charge in [-0.25, -0.2) is 0 Å². The van der Waals surface area contributed by atoms with Crippen molar-refractivity contribution < 1.29 is 14.3 Å². The van der Waals surface area contributed by atoms with Crippen LogP contribution in [0.15, 0.2) is 51.3 Å². The number of aromatic nitrogens is 1. The molecule has 0 aliphatic carbocycles. The Morgan fingerprint density at radius 2 is 2.14 bits per heavy atom. The molecule has 7 heteroatoms. The maximum atomic E-state index is 12.1. The topological polar surface area (TPSA) is 122 Å². The van der Waals surface area contributed by atoms with E-state index in [0.29, 0.717) is 5.56 Å². The van der Waals surface area contributed by atoms with Gasteiger partial charge in [-0.3, -0.25) is 9.78 Å². The lowest BCUT2D eigenvalue weighted by Crippen LogP contribution is -2.25. The molecule has 22 heavy (non-hydrogen) atoms. The highest BCUT2D eigenvalue weighted by Crippen LogP contribution is 2.40. The van der Waals surface area contributed by atoms with Crippen molar-refractivity contribution in [3.8, 4) is 11.8 Å². The predicted octanol–water partition coefficient (Wildman–Crippen LogP) is 0.745. The van der Waals surface area contributed by atoms with Crippen LogP contribution in [0.1, 0.15) is 23.0 Å². The summed E-state index contributed by atoms with van der Waals surface area (Å²) in [5.74, 6) is -0.662. The Kier molecular flexibility index (Phi) is 3.37. The maximum Gasteiger partial charge on any atom is 0.228 e. The number of allylic oxidation sites excluding steroid dienone is 1. The van der Waals surface area contributed by atoms with Gasteiger partial charge in [0.05, 0.1) is 5.92 Å². The minimum atomic E-state index is -0.684. The highest BCUT2D eigenvalue weighted by atomic mass is 16.5. The summed E-state index contributed by atoms with van der Waals surface area (Å²) in [6, 6.07) is 6.50. The number of pyridine rings is 1. The van der Waals surface area contributed by atoms with Gasteiger partial charge in [0.1, 0.15) is 24.0 Å². The third-order valence-electron chi connectivity index (χ3n) is 3.32. The summed E-state index contributed by atoms with van der Waals surface area (Å²) in [5.41, 5.74) is 6.11. The molecular formula is C15H11N3O4. The van der Waals surface area contributed by atoms with Crippen LogP contribution in [-0.4, -0.2) is 10.1 Å². The van der Waals surface area contributed by atoms with Gasteiger partial charge in [0.15, 0.2) is 5.76 Å². The molecular weight excluding hydrogens is 286 g/mol. The van der Waals surface area contributed by atoms with E-state index in [1.54, 1.807) is 24.5 Å². The van der Waals surface area contributed by atoms with Crippen LogP contribution in [0, 0.1) is 11.3 Å². The number of nitriles is 1. The molecule has 110 valence electrons. The molecule has 3 heterocycles. The van der Waals surface area contributed by atoms with Crippen LogP contribution in [0.25, 0.3) is 0 Å². The highest BCUT2D eigenvalue weighted by molar-refractivity contribution is 5.51. The zero-order valence-corrected chi connectivity index (χ0v) is 11.3. The predicted molar refractivity (Wildman–Crippen MR) is 74.4 cm³/mol. The number of aliphatic hydroxyl groups is 1. The fourth-order valence-corrected chi connectivity index (χ4v) is 2.35. The molecule has 0 saturated carbocycles. The van der Waals surface area contributed by atoms with E-state index in [9.17, 15) is 15.2 Å². The molecule has 0 bridgehead atoms. The number of rotatable bonds is 2. The minimum absolute atomic E-state index is 0.0736. The second-order valence-corrected chi connectivity index (χ2v) is 4.63. The number of nitrogens with two attached hydrogens (primary N) is 1. The number of hydrogen-bond acceptors (Lipinski definition) is 7. The smallest absolute Gasteiger partial charge is 0.228 e. The first-order valence-corrected chi connectivity index (χ1v) is 6.41. The van der Waals surface area contributed by atoms with Crippen molar-refractivity contribution in [3.63, 3.8) is 0 Å². The largest absolute Gasteiger partial charge is 0.458 e. The molecule has 2 aromatic heterocycles. The van der Waals surface area contributed by atoms with Crippen molar-refractivity contribution in [1.82, 2.24) is 4.98 Å². The summed E-state index contributed by atoms with van der Waals surface area (Å²) in [5, 5.41) is 18.6. The molecule has 3 N–H and O–H groups in total. The summed E-state index contributed by atoms with van der Waals surface area (Å²) >= 11 is 0. The first-order valence-electron chi connectivity index (χ1n) is 6.41. The summed E-state index contributed by atoms with van der Waals surface area (Å²) in [7, 11) is 0. The van der Waals surface area contributed by atoms with Crippen molar-refractivity contribution in [2.24, 2.45) is 5.73 Å². The molecule has 0 fully saturated rings. The third kappa shape index (κ3) is 2.12. The quantitative estimate of drug-likeness (QED) is 0.838. The van der Waals surface area contributed by atoms with Gasteiger partial charge >= 0.3 is 0 Å². The molecule has 0 aromatic carbocycles. The molecule has 0 amide bonds. The van der Waals surface area contributed by atoms with Crippen LogP contribution in [0.4, 0.5) is 0 Å². The summed E-state index contributed by atoms with van der Waals surface area (Å²) < 4.78 is 10.8. The van der Waals surface area contributed by atoms with Gasteiger partial charge in [0.2, 0.25) is 17.1 Å². The summed E-state index contributed by atoms with van der Waals surface area (Å²) in [6.45, 7) is -0.438. The van der Waals surface area contributed by atoms with E-state index in [1.807, 2.05) is 6.07 Å². The fourth-order valence-electron chi connectivity index (χ4n) is 2.35. The molecule has 0 radical (unpaired) electrons. The van der Waals surface area contributed by atoms with E-state index in [-0.39, 0.29) is 28.7 Å². The average molecular weight is 297 g/mol. The lowest BCUT2D eigenvalue weighted by atomic mass is 9.88. The number of fused-ring (bicyclic) bond motifs is 1. The van der Waals surface area contributed by atoms with Gasteiger partial charge in [-0.15, -0.1) is 0 Å². The number of nitrogens with zero attached hydrogens (tertiary/aromatic N) is 2. The standard InChI is InChI=1S/C15H11N3O4/c16-6-10-12(8-1-3-18-4-2-8)14-13(22-15(10)17)11(20)5-9(7-19)21-14/h1-5,12,19H,7,17H2/t12-/m0/s1. The normalized spacial score (nSPS) is 16.6. The second kappa shape index (κ2) is 5.35. The van der Waals surface area contributed by atoms with Gasteiger partial charge < -0.3 is 20.0 Å². The first kappa shape index (κ1) is 13.9. The number of ether oxygens (including phenoxy) is 1. The van der Waals surface area contributed by atoms with Crippen molar-refractivity contribution in [2.45, 2.75) is 12.5 Å². The Morgan fingerprint density at radius 1 is 1.41 bits per heavy atom. The molecule has 1 aliphatic rings. The summed E-state index contributed by atoms with van der Waals surface area (Å²) in [4.78, 5) is 16.0. The molecule has 1 aliphatic heterocycles. The Hall–Kier alpha value is -3.11. The molecule has 0 unspecified atom stereocenters. The maximum absolute atomic E-state index is 12.1. The Labute approximate surface area is 124 Å². The molecule has 0 spiro atoms. The van der Waals surface area contributed by atoms with E-state index in [1.165, 1.54) is 0 Å². The van der Waals surface area contributed by atoms with Gasteiger partial charge in [-0.2, -0.15) is 5.26 Å². The monoisotopic (exact) mass is 297 g/mol. The van der Waals surface area contributed by atoms with Gasteiger partial charge in [0.25, 0.3) is 0 Å². The Bertz CT molecular complexity index is 849. The van der Waals surface area contributed by atoms with Crippen LogP contribution in [-0.2, 0) is 6.61 Å². The first-order chi connectivity index (χ1) is 10.7. The lowest BCUT2D eigenvalue weighted by Gasteiger charge is -2.24. The average Bonchev–Trinajstić information content (AvgIpc) is 2.55. The lowest BCUT2D eigenvalue weighted by molar-refractivity contribution is 0.231. The molecule has 7 nitrogen and oxygen atoms in total. The van der Waals surface area contributed by atoms with Gasteiger partial charge in [-0.1, -0.05) is 0 Å². The third-order valence-corrected chi connectivity index (χ3v) is 3.32. The van der Waals surface area contributed by atoms with Crippen LogP contribution < -0.4 is 15.9 Å². The van der Waals surface area contributed by atoms with E-state index < -0.39 is 18.0 Å². The van der Waals surface area contributed by atoms with E-state index in [0.717, 1.165) is 6.07 Å². The second-order valence-electron chi connectivity index (χ2n) is 4.63. The number of hydrogen-bond donors (Lipinski definition) is 2. The van der Waals surface area contributed by atoms with Gasteiger partial charge in [0, 0.05) is 18.5 Å². The van der Waals surface area contributed by atoms with Crippen LogP contribution in [0.5, 0.6) is 5.75 Å². The molecule has 2 aromatic rings. The van der Waals surface area contributed by atoms with Crippen molar-refractivity contribution in [2.75, 3.05) is 0 Å².